The molecule has 0 aromatic heterocycles. The standard InChI is InChI=1S/C34H28Cl2N8O8S2/c1-17-13-21(37-39-31-19(3)41-43(33(31)45)29-15-23(53(47,48)49)7-11-27(29)35)5-9-25(17)26-10-6-22(14-18(26)2)38-40-32-20(4)42-44(34(32)46)30-16-24(54(50,51)52)8-12-28(30)36/h5-16,31-32H,1-4H3,(H,47,48,49)(H,50,51,52)/t31-,32+. The molecule has 0 saturated carbocycles. The highest BCUT2D eigenvalue weighted by Gasteiger charge is 2.37. The van der Waals surface area contributed by atoms with Gasteiger partial charge in [-0.2, -0.15) is 57.5 Å². The molecular weight excluding hydrogens is 783 g/mol. The molecule has 278 valence electrons. The average molecular weight is 812 g/mol. The Labute approximate surface area is 319 Å². The number of hydrogen-bond acceptors (Lipinski definition) is 12. The molecule has 16 nitrogen and oxygen atoms in total. The fraction of sp³-hybridized carbons (Fsp3) is 0.176. The molecule has 2 aliphatic heterocycles. The Balaban J connectivity index is 1.15. The zero-order chi connectivity index (χ0) is 39.3. The van der Waals surface area contributed by atoms with Gasteiger partial charge in [0, 0.05) is 0 Å². The molecular formula is C34H28Cl2N8O8S2. The Bertz CT molecular complexity index is 2430. The zero-order valence-electron chi connectivity index (χ0n) is 28.6. The maximum Gasteiger partial charge on any atom is 0.294 e. The summed E-state index contributed by atoms with van der Waals surface area (Å²) in [7, 11) is -9.11. The molecule has 0 radical (unpaired) electrons. The van der Waals surface area contributed by atoms with Crippen molar-refractivity contribution >= 4 is 89.4 Å². The van der Waals surface area contributed by atoms with Crippen LogP contribution in [0.25, 0.3) is 11.1 Å². The first-order valence-corrected chi connectivity index (χ1v) is 19.3. The minimum Gasteiger partial charge on any atom is -0.282 e. The predicted octanol–water partition coefficient (Wildman–Crippen LogP) is 7.52. The van der Waals surface area contributed by atoms with E-state index in [2.05, 4.69) is 30.7 Å². The smallest absolute Gasteiger partial charge is 0.282 e. The van der Waals surface area contributed by atoms with Gasteiger partial charge in [-0.25, -0.2) is 0 Å². The van der Waals surface area contributed by atoms with Gasteiger partial charge in [0.05, 0.1) is 54.0 Å². The Kier molecular flexibility index (Phi) is 10.4. The lowest BCUT2D eigenvalue weighted by molar-refractivity contribution is -0.118. The van der Waals surface area contributed by atoms with Gasteiger partial charge in [0.15, 0.2) is 12.1 Å². The number of anilines is 2. The number of nitrogens with zero attached hydrogens (tertiary/aromatic N) is 8. The molecule has 2 heterocycles. The summed E-state index contributed by atoms with van der Waals surface area (Å²) in [4.78, 5) is 25.5. The number of amides is 2. The number of hydrogen-bond donors (Lipinski definition) is 2. The average Bonchev–Trinajstić information content (AvgIpc) is 3.54. The van der Waals surface area contributed by atoms with Crippen molar-refractivity contribution in [1.82, 2.24) is 0 Å². The van der Waals surface area contributed by atoms with Crippen LogP contribution in [-0.4, -0.2) is 61.3 Å². The molecule has 2 N–H and O–H groups in total. The van der Waals surface area contributed by atoms with Gasteiger partial charge in [-0.3, -0.25) is 18.7 Å². The van der Waals surface area contributed by atoms with Crippen molar-refractivity contribution in [3.05, 3.63) is 94.0 Å². The molecule has 4 aromatic carbocycles. The van der Waals surface area contributed by atoms with Crippen molar-refractivity contribution in [1.29, 1.82) is 0 Å². The fourth-order valence-corrected chi connectivity index (χ4v) is 7.02. The third kappa shape index (κ3) is 7.70. The van der Waals surface area contributed by atoms with Crippen LogP contribution in [0.2, 0.25) is 10.0 Å². The molecule has 0 unspecified atom stereocenters. The molecule has 2 amide bonds. The van der Waals surface area contributed by atoms with E-state index in [-0.39, 0.29) is 21.4 Å². The number of azo groups is 2. The quantitative estimate of drug-likeness (QED) is 0.127. The van der Waals surface area contributed by atoms with Gasteiger partial charge in [-0.1, -0.05) is 35.3 Å². The molecule has 2 aliphatic rings. The molecule has 6 rings (SSSR count). The lowest BCUT2D eigenvalue weighted by atomic mass is 9.96. The zero-order valence-corrected chi connectivity index (χ0v) is 31.7. The first-order chi connectivity index (χ1) is 25.3. The summed E-state index contributed by atoms with van der Waals surface area (Å²) in [6.45, 7) is 6.92. The van der Waals surface area contributed by atoms with Crippen molar-refractivity contribution in [3.63, 3.8) is 0 Å². The van der Waals surface area contributed by atoms with Crippen LogP contribution in [0.3, 0.4) is 0 Å². The monoisotopic (exact) mass is 810 g/mol. The minimum atomic E-state index is -4.55. The molecule has 54 heavy (non-hydrogen) atoms. The van der Waals surface area contributed by atoms with Crippen LogP contribution < -0.4 is 10.0 Å². The molecule has 0 bridgehead atoms. The Morgan fingerprint density at radius 3 is 1.30 bits per heavy atom. The fourth-order valence-electron chi connectivity index (χ4n) is 5.63. The number of aryl methyl sites for hydroxylation is 2. The lowest BCUT2D eigenvalue weighted by Crippen LogP contribution is -2.30. The summed E-state index contributed by atoms with van der Waals surface area (Å²) in [5, 5.41) is 27.2. The van der Waals surface area contributed by atoms with Crippen LogP contribution >= 0.6 is 23.2 Å². The summed E-state index contributed by atoms with van der Waals surface area (Å²) < 4.78 is 65.4. The maximum atomic E-state index is 13.2. The molecule has 0 aliphatic carbocycles. The van der Waals surface area contributed by atoms with Gasteiger partial charge in [0.2, 0.25) is 0 Å². The van der Waals surface area contributed by atoms with Crippen molar-refractivity contribution in [3.8, 4) is 11.1 Å². The highest BCUT2D eigenvalue weighted by molar-refractivity contribution is 7.86. The van der Waals surface area contributed by atoms with Crippen LogP contribution in [0.4, 0.5) is 22.7 Å². The van der Waals surface area contributed by atoms with Gasteiger partial charge in [-0.15, -0.1) is 0 Å². The second kappa shape index (κ2) is 14.5. The molecule has 0 spiro atoms. The van der Waals surface area contributed by atoms with Crippen molar-refractivity contribution in [2.75, 3.05) is 10.0 Å². The molecule has 4 aromatic rings. The van der Waals surface area contributed by atoms with E-state index < -0.39 is 53.9 Å². The number of benzene rings is 4. The van der Waals surface area contributed by atoms with E-state index in [4.69, 9.17) is 23.2 Å². The number of halogens is 2. The van der Waals surface area contributed by atoms with Gasteiger partial charge >= 0.3 is 0 Å². The highest BCUT2D eigenvalue weighted by Crippen LogP contribution is 2.36. The Morgan fingerprint density at radius 2 is 0.963 bits per heavy atom. The van der Waals surface area contributed by atoms with E-state index in [0.29, 0.717) is 22.8 Å². The summed E-state index contributed by atoms with van der Waals surface area (Å²) in [6, 6.07) is 15.3. The van der Waals surface area contributed by atoms with E-state index in [1.54, 1.807) is 38.1 Å². The number of rotatable bonds is 9. The van der Waals surface area contributed by atoms with Crippen LogP contribution in [0.1, 0.15) is 25.0 Å². The first-order valence-electron chi connectivity index (χ1n) is 15.7. The Morgan fingerprint density at radius 1 is 0.593 bits per heavy atom. The van der Waals surface area contributed by atoms with Crippen LogP contribution in [-0.2, 0) is 29.8 Å². The lowest BCUT2D eigenvalue weighted by Gasteiger charge is -2.15. The molecule has 0 fully saturated rings. The third-order valence-electron chi connectivity index (χ3n) is 8.37. The number of carbonyl (C=O) groups excluding carboxylic acids is 2. The van der Waals surface area contributed by atoms with E-state index in [1.165, 1.54) is 12.1 Å². The highest BCUT2D eigenvalue weighted by atomic mass is 35.5. The minimum absolute atomic E-state index is 0.0351. The van der Waals surface area contributed by atoms with Crippen molar-refractivity contribution in [2.45, 2.75) is 49.6 Å². The van der Waals surface area contributed by atoms with E-state index in [0.717, 1.165) is 56.5 Å². The first kappa shape index (κ1) is 38.5. The summed E-state index contributed by atoms with van der Waals surface area (Å²) in [5.41, 5.74) is 4.92. The number of hydrazone groups is 2. The van der Waals surface area contributed by atoms with Gasteiger partial charge in [0.1, 0.15) is 0 Å². The largest absolute Gasteiger partial charge is 0.294 e. The van der Waals surface area contributed by atoms with E-state index in [1.807, 2.05) is 26.0 Å². The summed E-state index contributed by atoms with van der Waals surface area (Å²) in [5.74, 6) is -1.22. The van der Waals surface area contributed by atoms with Crippen LogP contribution in [0.5, 0.6) is 0 Å². The second-order valence-corrected chi connectivity index (χ2v) is 15.9. The third-order valence-corrected chi connectivity index (χ3v) is 10.7. The van der Waals surface area contributed by atoms with Crippen LogP contribution in [0, 0.1) is 13.8 Å². The normalized spacial score (nSPS) is 18.0. The maximum absolute atomic E-state index is 13.2. The van der Waals surface area contributed by atoms with E-state index in [9.17, 15) is 35.5 Å². The van der Waals surface area contributed by atoms with Gasteiger partial charge in [-0.05, 0) is 111 Å². The van der Waals surface area contributed by atoms with Gasteiger partial charge in [0.25, 0.3) is 32.1 Å². The van der Waals surface area contributed by atoms with Crippen LogP contribution in [0.15, 0.2) is 113 Å². The van der Waals surface area contributed by atoms with E-state index >= 15 is 0 Å². The predicted molar refractivity (Wildman–Crippen MR) is 202 cm³/mol. The van der Waals surface area contributed by atoms with Gasteiger partial charge < -0.3 is 0 Å². The SMILES string of the molecule is CC1=NN(c2cc(S(=O)(=O)O)ccc2Cl)C(=O)[C@H]1N=Nc1ccc(-c2ccc(N=N[C@H]3C(=O)N(c4cc(S(=O)(=O)O)ccc4Cl)N=C3C)cc2C)c(C)c1. The van der Waals surface area contributed by atoms with Crippen molar-refractivity contribution in [2.24, 2.45) is 30.7 Å². The molecule has 0 saturated heterocycles. The number of carbonyl (C=O) groups is 2. The second-order valence-electron chi connectivity index (χ2n) is 12.2. The summed E-state index contributed by atoms with van der Waals surface area (Å²) in [6.07, 6.45) is 0. The van der Waals surface area contributed by atoms with Crippen molar-refractivity contribution < 1.29 is 35.5 Å². The topological polar surface area (TPSA) is 224 Å². The Hall–Kier alpha value is -5.24. The molecule has 20 heteroatoms. The summed E-state index contributed by atoms with van der Waals surface area (Å²) >= 11 is 12.4. The molecule has 2 atom stereocenters.